The van der Waals surface area contributed by atoms with Crippen LogP contribution in [0.1, 0.15) is 28.9 Å². The second-order valence-corrected chi connectivity index (χ2v) is 9.11. The highest BCUT2D eigenvalue weighted by Gasteiger charge is 2.31. The molecule has 1 aliphatic heterocycles. The average molecular weight is 406 g/mol. The fourth-order valence-corrected chi connectivity index (χ4v) is 5.21. The van der Waals surface area contributed by atoms with Gasteiger partial charge in [-0.25, -0.2) is 13.2 Å². The zero-order valence-corrected chi connectivity index (χ0v) is 17.6. The van der Waals surface area contributed by atoms with E-state index >= 15 is 0 Å². The van der Waals surface area contributed by atoms with Gasteiger partial charge in [0.05, 0.1) is 11.4 Å². The van der Waals surface area contributed by atoms with Crippen LogP contribution in [0.3, 0.4) is 0 Å². The van der Waals surface area contributed by atoms with Crippen molar-refractivity contribution in [1.29, 1.82) is 0 Å². The summed E-state index contributed by atoms with van der Waals surface area (Å²) in [5.74, 6) is 0. The number of hydrogen-bond acceptors (Lipinski definition) is 4. The minimum atomic E-state index is -3.64. The molecular formula is C19H27N5O3S. The molecule has 1 saturated heterocycles. The topological polar surface area (TPSA) is 98.4 Å². The number of nitrogens with one attached hydrogen (secondary N) is 2. The number of H-pyrrole nitrogens is 1. The number of aromatic nitrogens is 2. The predicted octanol–water partition coefficient (Wildman–Crippen LogP) is 2.57. The van der Waals surface area contributed by atoms with Crippen LogP contribution >= 0.6 is 0 Å². The first-order valence-corrected chi connectivity index (χ1v) is 10.8. The van der Waals surface area contributed by atoms with Crippen molar-refractivity contribution in [2.75, 3.05) is 31.5 Å². The third-order valence-electron chi connectivity index (χ3n) is 5.16. The van der Waals surface area contributed by atoms with Gasteiger partial charge in [-0.15, -0.1) is 0 Å². The van der Waals surface area contributed by atoms with E-state index in [4.69, 9.17) is 0 Å². The summed E-state index contributed by atoms with van der Waals surface area (Å²) in [5, 5.41) is 9.64. The molecular weight excluding hydrogens is 378 g/mol. The second-order valence-electron chi connectivity index (χ2n) is 7.24. The molecule has 0 atom stereocenters. The molecule has 1 aliphatic rings. The Morgan fingerprint density at radius 3 is 2.46 bits per heavy atom. The Morgan fingerprint density at radius 2 is 1.82 bits per heavy atom. The molecule has 1 aromatic carbocycles. The summed E-state index contributed by atoms with van der Waals surface area (Å²) >= 11 is 0. The van der Waals surface area contributed by atoms with E-state index in [0.29, 0.717) is 37.4 Å². The summed E-state index contributed by atoms with van der Waals surface area (Å²) in [6.07, 6.45) is 0.579. The lowest BCUT2D eigenvalue weighted by molar-refractivity contribution is 0.214. The maximum absolute atomic E-state index is 13.0. The fraction of sp³-hybridized carbons (Fsp3) is 0.474. The van der Waals surface area contributed by atoms with E-state index < -0.39 is 10.0 Å². The molecule has 2 aromatic rings. The van der Waals surface area contributed by atoms with Crippen molar-refractivity contribution in [2.45, 2.75) is 39.0 Å². The molecule has 0 radical (unpaired) electrons. The summed E-state index contributed by atoms with van der Waals surface area (Å²) in [6.45, 7) is 8.88. The highest BCUT2D eigenvalue weighted by molar-refractivity contribution is 7.89. The number of anilines is 1. The Morgan fingerprint density at radius 1 is 1.07 bits per heavy atom. The van der Waals surface area contributed by atoms with Crippen molar-refractivity contribution in [2.24, 2.45) is 0 Å². The lowest BCUT2D eigenvalue weighted by Gasteiger charge is -2.22. The van der Waals surface area contributed by atoms with Gasteiger partial charge in [-0.3, -0.25) is 5.10 Å². The molecule has 2 N–H and O–H groups in total. The molecule has 0 saturated carbocycles. The minimum Gasteiger partial charge on any atom is -0.323 e. The molecule has 2 amide bonds. The number of carbonyl (C=O) groups excluding carboxylic acids is 1. The van der Waals surface area contributed by atoms with E-state index in [1.165, 1.54) is 9.87 Å². The summed E-state index contributed by atoms with van der Waals surface area (Å²) in [5.41, 5.74) is 4.01. The highest BCUT2D eigenvalue weighted by Crippen LogP contribution is 2.23. The van der Waals surface area contributed by atoms with Gasteiger partial charge in [0.15, 0.2) is 0 Å². The van der Waals surface area contributed by atoms with Gasteiger partial charge in [0, 0.05) is 31.9 Å². The molecule has 152 valence electrons. The SMILES string of the molecule is Cc1ccc(NC(=O)N2CCCN(S(=O)(=O)c3c(C)n[nH]c3C)CC2)cc1C. The third-order valence-corrected chi connectivity index (χ3v) is 7.32. The first kappa shape index (κ1) is 20.3. The monoisotopic (exact) mass is 405 g/mol. The van der Waals surface area contributed by atoms with Crippen molar-refractivity contribution in [3.8, 4) is 0 Å². The van der Waals surface area contributed by atoms with Gasteiger partial charge in [-0.05, 0) is 57.4 Å². The van der Waals surface area contributed by atoms with Gasteiger partial charge < -0.3 is 10.2 Å². The number of carbonyl (C=O) groups is 1. The summed E-state index contributed by atoms with van der Waals surface area (Å²) in [6, 6.07) is 5.57. The van der Waals surface area contributed by atoms with Crippen LogP contribution < -0.4 is 5.32 Å². The summed E-state index contributed by atoms with van der Waals surface area (Å²) in [7, 11) is -3.64. The smallest absolute Gasteiger partial charge is 0.321 e. The van der Waals surface area contributed by atoms with Gasteiger partial charge >= 0.3 is 6.03 Å². The normalized spacial score (nSPS) is 16.1. The van der Waals surface area contributed by atoms with E-state index in [1.54, 1.807) is 18.7 Å². The van der Waals surface area contributed by atoms with Gasteiger partial charge in [-0.2, -0.15) is 9.40 Å². The molecule has 8 nitrogen and oxygen atoms in total. The first-order chi connectivity index (χ1) is 13.2. The molecule has 1 fully saturated rings. The van der Waals surface area contributed by atoms with E-state index in [1.807, 2.05) is 32.0 Å². The lowest BCUT2D eigenvalue weighted by atomic mass is 10.1. The summed E-state index contributed by atoms with van der Waals surface area (Å²) < 4.78 is 27.5. The van der Waals surface area contributed by atoms with E-state index in [9.17, 15) is 13.2 Å². The number of rotatable bonds is 3. The van der Waals surface area contributed by atoms with Crippen LogP contribution in [0.2, 0.25) is 0 Å². The number of urea groups is 1. The van der Waals surface area contributed by atoms with Crippen LogP contribution in [0.5, 0.6) is 0 Å². The number of aromatic amines is 1. The van der Waals surface area contributed by atoms with Crippen molar-refractivity contribution in [3.63, 3.8) is 0 Å². The zero-order valence-electron chi connectivity index (χ0n) is 16.7. The van der Waals surface area contributed by atoms with Gasteiger partial charge in [0.1, 0.15) is 4.90 Å². The van der Waals surface area contributed by atoms with Crippen LogP contribution in [-0.4, -0.2) is 60.0 Å². The van der Waals surface area contributed by atoms with Crippen LogP contribution in [0, 0.1) is 27.7 Å². The van der Waals surface area contributed by atoms with Crippen LogP contribution in [0.25, 0.3) is 0 Å². The predicted molar refractivity (Wildman–Crippen MR) is 108 cm³/mol. The molecule has 28 heavy (non-hydrogen) atoms. The van der Waals surface area contributed by atoms with E-state index in [2.05, 4.69) is 15.5 Å². The average Bonchev–Trinajstić information content (AvgIpc) is 2.84. The van der Waals surface area contributed by atoms with E-state index in [0.717, 1.165) is 11.3 Å². The number of nitrogens with zero attached hydrogens (tertiary/aromatic N) is 3. The Bertz CT molecular complexity index is 964. The lowest BCUT2D eigenvalue weighted by Crippen LogP contribution is -2.39. The van der Waals surface area contributed by atoms with Gasteiger partial charge in [0.25, 0.3) is 0 Å². The van der Waals surface area contributed by atoms with Crippen molar-refractivity contribution < 1.29 is 13.2 Å². The molecule has 9 heteroatoms. The number of sulfonamides is 1. The maximum Gasteiger partial charge on any atom is 0.321 e. The van der Waals surface area contributed by atoms with Gasteiger partial charge in [0.2, 0.25) is 10.0 Å². The number of amides is 2. The minimum absolute atomic E-state index is 0.210. The van der Waals surface area contributed by atoms with Crippen LogP contribution in [0.4, 0.5) is 10.5 Å². The molecule has 3 rings (SSSR count). The molecule has 0 spiro atoms. The second kappa shape index (κ2) is 7.92. The molecule has 0 bridgehead atoms. The third kappa shape index (κ3) is 4.05. The molecule has 0 aliphatic carbocycles. The summed E-state index contributed by atoms with van der Waals surface area (Å²) in [4.78, 5) is 14.5. The number of hydrogen-bond donors (Lipinski definition) is 2. The highest BCUT2D eigenvalue weighted by atomic mass is 32.2. The number of aryl methyl sites for hydroxylation is 4. The van der Waals surface area contributed by atoms with Crippen molar-refractivity contribution in [1.82, 2.24) is 19.4 Å². The van der Waals surface area contributed by atoms with Gasteiger partial charge in [-0.1, -0.05) is 6.07 Å². The quantitative estimate of drug-likeness (QED) is 0.820. The zero-order chi connectivity index (χ0) is 20.5. The fourth-order valence-electron chi connectivity index (χ4n) is 3.41. The first-order valence-electron chi connectivity index (χ1n) is 9.35. The Kier molecular flexibility index (Phi) is 5.76. The number of benzene rings is 1. The van der Waals surface area contributed by atoms with Crippen LogP contribution in [0.15, 0.2) is 23.1 Å². The molecule has 2 heterocycles. The Hall–Kier alpha value is -2.39. The standard InChI is InChI=1S/C19H27N5O3S/c1-13-6-7-17(12-14(13)2)20-19(25)23-8-5-9-24(11-10-23)28(26,27)18-15(3)21-22-16(18)4/h6-7,12H,5,8-11H2,1-4H3,(H,20,25)(H,21,22). The Balaban J connectivity index is 1.69. The molecule has 1 aromatic heterocycles. The Labute approximate surface area is 166 Å². The van der Waals surface area contributed by atoms with Crippen molar-refractivity contribution in [3.05, 3.63) is 40.7 Å². The van der Waals surface area contributed by atoms with Crippen LogP contribution in [-0.2, 0) is 10.0 Å². The molecule has 0 unspecified atom stereocenters. The van der Waals surface area contributed by atoms with E-state index in [-0.39, 0.29) is 17.5 Å². The maximum atomic E-state index is 13.0. The largest absolute Gasteiger partial charge is 0.323 e. The van der Waals surface area contributed by atoms with Crippen molar-refractivity contribution >= 4 is 21.7 Å².